The molecule has 216 valence electrons. The number of nitrogen functional groups attached to an aromatic ring is 1. The zero-order valence-corrected chi connectivity index (χ0v) is 24.6. The quantitative estimate of drug-likeness (QED) is 0.119. The molecule has 1 saturated carbocycles. The van der Waals surface area contributed by atoms with Crippen LogP contribution >= 0.6 is 34.9 Å². The van der Waals surface area contributed by atoms with Gasteiger partial charge >= 0.3 is 0 Å². The largest absolute Gasteiger partial charge is 0.543 e. The third kappa shape index (κ3) is 6.57. The number of anilines is 1. The molecule has 2 aromatic heterocycles. The number of rotatable bonds is 11. The Balaban J connectivity index is 1.27. The number of aliphatic carboxylic acids is 1. The minimum atomic E-state index is -1.44. The predicted molar refractivity (Wildman–Crippen MR) is 152 cm³/mol. The molecule has 1 aliphatic carbocycles. The van der Waals surface area contributed by atoms with Gasteiger partial charge in [0.25, 0.3) is 11.8 Å². The van der Waals surface area contributed by atoms with Gasteiger partial charge in [0.15, 0.2) is 29.0 Å². The first kappa shape index (κ1) is 29.1. The number of thioether (sulfide) groups is 2. The highest BCUT2D eigenvalue weighted by Gasteiger charge is 2.53. The number of β-lactam (4-membered cyclic amide) rings is 1. The summed E-state index contributed by atoms with van der Waals surface area (Å²) in [4.78, 5) is 61.7. The summed E-state index contributed by atoms with van der Waals surface area (Å²) < 4.78 is 1.76. The summed E-state index contributed by atoms with van der Waals surface area (Å²) in [7, 11) is 0. The molecule has 12 nitrogen and oxygen atoms in total. The maximum atomic E-state index is 13.3. The number of thiazole rings is 1. The van der Waals surface area contributed by atoms with E-state index in [1.807, 2.05) is 12.1 Å². The minimum absolute atomic E-state index is 0.0374. The van der Waals surface area contributed by atoms with Gasteiger partial charge in [0, 0.05) is 40.8 Å². The van der Waals surface area contributed by atoms with Gasteiger partial charge in [-0.2, -0.15) is 4.57 Å². The van der Waals surface area contributed by atoms with Crippen LogP contribution in [-0.2, 0) is 30.6 Å². The number of nitrogens with zero attached hydrogens (tertiary/aromatic N) is 4. The number of oxime groups is 1. The number of fused-ring (bicyclic) bond motifs is 1. The standard InChI is InChI=1S/C26H28N6O6S3/c1-14(33)10-31-8-6-17(7-9-31)39-11-15-12-40-24-20(23(35)32(24)21(15)25(36)37)29-22(34)19(18-13-41-26(27)28-18)30-38-16-4-2-3-5-16/h6-9,13,16,20,24H,2-5,10-12H2,1H3,(H3-,27,28,29,34,36,37)/b30-19+/t20-,24-/m1/s1. The zero-order valence-electron chi connectivity index (χ0n) is 22.1. The van der Waals surface area contributed by atoms with Crippen molar-refractivity contribution in [2.24, 2.45) is 5.16 Å². The summed E-state index contributed by atoms with van der Waals surface area (Å²) in [5.74, 6) is -1.92. The van der Waals surface area contributed by atoms with Crippen LogP contribution in [0.25, 0.3) is 0 Å². The van der Waals surface area contributed by atoms with Crippen LogP contribution in [0.1, 0.15) is 38.3 Å². The van der Waals surface area contributed by atoms with Crippen LogP contribution in [0.4, 0.5) is 5.13 Å². The molecule has 3 N–H and O–H groups in total. The first-order valence-corrected chi connectivity index (χ1v) is 15.9. The Morgan fingerprint density at radius 1 is 1.29 bits per heavy atom. The van der Waals surface area contributed by atoms with Crippen LogP contribution in [0, 0.1) is 0 Å². The SMILES string of the molecule is CC(=O)C[n+]1ccc(SCC2=C(C(=O)[O-])N3C(=O)[C@@H](NC(=O)/C(=N/OC4CCCC4)c4csc(N)n4)[C@H]3SC2)cc1. The molecular formula is C26H28N6O6S3. The number of carbonyl (C=O) groups is 4. The number of aromatic nitrogens is 2. The van der Waals surface area contributed by atoms with Crippen molar-refractivity contribution in [3.05, 3.63) is 46.9 Å². The van der Waals surface area contributed by atoms with E-state index in [1.165, 1.54) is 35.3 Å². The van der Waals surface area contributed by atoms with Crippen molar-refractivity contribution in [2.75, 3.05) is 17.2 Å². The lowest BCUT2D eigenvalue weighted by Crippen LogP contribution is -2.71. The van der Waals surface area contributed by atoms with Gasteiger partial charge in [-0.15, -0.1) is 34.9 Å². The normalized spacial score (nSPS) is 21.0. The van der Waals surface area contributed by atoms with Gasteiger partial charge in [0.2, 0.25) is 6.54 Å². The lowest BCUT2D eigenvalue weighted by atomic mass is 10.0. The molecular weight excluding hydrogens is 589 g/mol. The fraction of sp³-hybridized carbons (Fsp3) is 0.423. The van der Waals surface area contributed by atoms with Crippen molar-refractivity contribution in [1.29, 1.82) is 0 Å². The smallest absolute Gasteiger partial charge is 0.276 e. The van der Waals surface area contributed by atoms with Crippen LogP contribution in [0.15, 0.2) is 51.2 Å². The van der Waals surface area contributed by atoms with Crippen molar-refractivity contribution in [2.45, 2.75) is 61.6 Å². The third-order valence-corrected chi connectivity index (χ3v) is 9.89. The Bertz CT molecular complexity index is 1420. The molecule has 15 heteroatoms. The van der Waals surface area contributed by atoms with Crippen LogP contribution in [0.5, 0.6) is 0 Å². The van der Waals surface area contributed by atoms with Crippen molar-refractivity contribution < 1.29 is 33.7 Å². The second-order valence-corrected chi connectivity index (χ2v) is 12.9. The first-order chi connectivity index (χ1) is 19.7. The van der Waals surface area contributed by atoms with Gasteiger partial charge in [-0.25, -0.2) is 4.98 Å². The minimum Gasteiger partial charge on any atom is -0.543 e. The molecule has 0 bridgehead atoms. The second kappa shape index (κ2) is 12.6. The molecule has 0 radical (unpaired) electrons. The molecule has 2 amide bonds. The average molecular weight is 617 g/mol. The van der Waals surface area contributed by atoms with Crippen LogP contribution in [0.2, 0.25) is 0 Å². The van der Waals surface area contributed by atoms with E-state index < -0.39 is 29.2 Å². The first-order valence-electron chi connectivity index (χ1n) is 13.0. The number of carbonyl (C=O) groups excluding carboxylic acids is 4. The molecule has 2 aromatic rings. The number of hydrogen-bond donors (Lipinski definition) is 2. The number of carboxylic acid groups (broad SMARTS) is 1. The van der Waals surface area contributed by atoms with Gasteiger partial charge < -0.3 is 25.8 Å². The molecule has 1 saturated heterocycles. The monoisotopic (exact) mass is 616 g/mol. The van der Waals surface area contributed by atoms with Crippen LogP contribution in [0.3, 0.4) is 0 Å². The fourth-order valence-electron chi connectivity index (χ4n) is 4.79. The lowest BCUT2D eigenvalue weighted by molar-refractivity contribution is -0.684. The van der Waals surface area contributed by atoms with Gasteiger partial charge in [-0.1, -0.05) is 5.16 Å². The van der Waals surface area contributed by atoms with E-state index in [4.69, 9.17) is 10.6 Å². The van der Waals surface area contributed by atoms with E-state index in [1.54, 1.807) is 22.3 Å². The predicted octanol–water partition coefficient (Wildman–Crippen LogP) is 0.461. The van der Waals surface area contributed by atoms with Crippen LogP contribution in [-0.4, -0.2) is 68.2 Å². The number of Topliss-reactive ketones (excluding diaryl/α,β-unsaturated/α-hetero) is 1. The Kier molecular flexibility index (Phi) is 8.94. The van der Waals surface area contributed by atoms with Crippen molar-refractivity contribution in [3.63, 3.8) is 0 Å². The fourth-order valence-corrected chi connectivity index (χ4v) is 7.70. The molecule has 2 aliphatic heterocycles. The molecule has 0 spiro atoms. The Morgan fingerprint density at radius 2 is 2.02 bits per heavy atom. The zero-order chi connectivity index (χ0) is 29.1. The highest BCUT2D eigenvalue weighted by molar-refractivity contribution is 8.01. The molecule has 5 rings (SSSR count). The van der Waals surface area contributed by atoms with Gasteiger partial charge in [0.05, 0.1) is 11.7 Å². The summed E-state index contributed by atoms with van der Waals surface area (Å²) >= 11 is 3.94. The number of carboxylic acids is 1. The maximum Gasteiger partial charge on any atom is 0.276 e. The van der Waals surface area contributed by atoms with Crippen molar-refractivity contribution >= 4 is 69.3 Å². The van der Waals surface area contributed by atoms with Gasteiger partial charge in [0.1, 0.15) is 23.2 Å². The highest BCUT2D eigenvalue weighted by atomic mass is 32.2. The van der Waals surface area contributed by atoms with Crippen molar-refractivity contribution in [3.8, 4) is 0 Å². The Hall–Kier alpha value is -3.43. The van der Waals surface area contributed by atoms with E-state index in [2.05, 4.69) is 15.5 Å². The number of nitrogens with one attached hydrogen (secondary N) is 1. The number of amides is 2. The van der Waals surface area contributed by atoms with Gasteiger partial charge in [-0.3, -0.25) is 19.3 Å². The summed E-state index contributed by atoms with van der Waals surface area (Å²) in [5, 5.41) is 20.2. The van der Waals surface area contributed by atoms with Crippen LogP contribution < -0.4 is 20.7 Å². The summed E-state index contributed by atoms with van der Waals surface area (Å²) in [6, 6.07) is 2.74. The van der Waals surface area contributed by atoms with E-state index in [0.29, 0.717) is 17.1 Å². The van der Waals surface area contributed by atoms with Gasteiger partial charge in [-0.05, 0) is 31.3 Å². The summed E-state index contributed by atoms with van der Waals surface area (Å²) in [6.45, 7) is 1.79. The number of pyridine rings is 1. The maximum absolute atomic E-state index is 13.3. The van der Waals surface area contributed by atoms with E-state index in [-0.39, 0.29) is 40.7 Å². The lowest BCUT2D eigenvalue weighted by Gasteiger charge is -2.50. The second-order valence-electron chi connectivity index (χ2n) is 9.82. The number of ketones is 1. The molecule has 3 aliphatic rings. The third-order valence-electron chi connectivity index (χ3n) is 6.78. The van der Waals surface area contributed by atoms with E-state index >= 15 is 0 Å². The average Bonchev–Trinajstić information content (AvgIpc) is 3.62. The number of nitrogens with two attached hydrogens (primary N) is 1. The molecule has 41 heavy (non-hydrogen) atoms. The summed E-state index contributed by atoms with van der Waals surface area (Å²) in [6.07, 6.45) is 7.21. The molecule has 0 aromatic carbocycles. The Labute approximate surface area is 248 Å². The molecule has 2 atom stereocenters. The summed E-state index contributed by atoms with van der Waals surface area (Å²) in [5.41, 5.74) is 6.31. The van der Waals surface area contributed by atoms with E-state index in [9.17, 15) is 24.3 Å². The highest BCUT2D eigenvalue weighted by Crippen LogP contribution is 2.41. The van der Waals surface area contributed by atoms with Crippen molar-refractivity contribution in [1.82, 2.24) is 15.2 Å². The topological polar surface area (TPSA) is 171 Å². The number of hydrogen-bond acceptors (Lipinski definition) is 12. The molecule has 0 unspecified atom stereocenters. The van der Waals surface area contributed by atoms with E-state index in [0.717, 1.165) is 41.9 Å². The molecule has 4 heterocycles. The molecule has 2 fully saturated rings. The Morgan fingerprint density at radius 3 is 2.66 bits per heavy atom.